The van der Waals surface area contributed by atoms with E-state index in [0.717, 1.165) is 18.5 Å². The van der Waals surface area contributed by atoms with Crippen molar-refractivity contribution in [3.05, 3.63) is 95.3 Å². The maximum absolute atomic E-state index is 13.9. The van der Waals surface area contributed by atoms with Crippen LogP contribution >= 0.6 is 0 Å². The van der Waals surface area contributed by atoms with Crippen LogP contribution in [0.15, 0.2) is 76.4 Å². The normalized spacial score (nSPS) is 17.6. The van der Waals surface area contributed by atoms with Crippen molar-refractivity contribution in [2.24, 2.45) is 5.92 Å². The fourth-order valence-corrected chi connectivity index (χ4v) is 7.69. The number of sulfonamides is 1. The highest BCUT2D eigenvalue weighted by molar-refractivity contribution is 7.89. The SMILES string of the molecule is COc1cccc2oc(C(=O)N[C@@H]3C[C@@H](NC(=O)c4cccnc4)c4cc(S(=O)(=O)NCC(C)C)c5cc(C6CC6)ncc5c43)cc12. The van der Waals surface area contributed by atoms with Gasteiger partial charge in [-0.15, -0.1) is 0 Å². The van der Waals surface area contributed by atoms with Crippen LogP contribution in [0, 0.1) is 5.92 Å². The second kappa shape index (κ2) is 12.1. The molecule has 3 N–H and O–H groups in total. The molecule has 2 aliphatic carbocycles. The summed E-state index contributed by atoms with van der Waals surface area (Å²) in [7, 11) is -2.40. The average molecular weight is 654 g/mol. The van der Waals surface area contributed by atoms with Crippen molar-refractivity contribution in [1.29, 1.82) is 0 Å². The number of ether oxygens (including phenoxy) is 1. The summed E-state index contributed by atoms with van der Waals surface area (Å²) in [6.07, 6.45) is 7.03. The molecular weight excluding hydrogens is 618 g/mol. The molecule has 242 valence electrons. The number of aromatic nitrogens is 2. The number of fused-ring (bicyclic) bond motifs is 4. The molecule has 0 bridgehead atoms. The molecule has 5 aromatic rings. The smallest absolute Gasteiger partial charge is 0.287 e. The Morgan fingerprint density at radius 2 is 1.79 bits per heavy atom. The third kappa shape index (κ3) is 5.94. The molecule has 12 heteroatoms. The van der Waals surface area contributed by atoms with Crippen LogP contribution in [-0.2, 0) is 10.0 Å². The van der Waals surface area contributed by atoms with Gasteiger partial charge in [0.2, 0.25) is 10.0 Å². The van der Waals surface area contributed by atoms with Gasteiger partial charge in [0, 0.05) is 53.6 Å². The molecular formula is C35H35N5O6S. The van der Waals surface area contributed by atoms with Crippen molar-refractivity contribution < 1.29 is 27.2 Å². The first-order valence-corrected chi connectivity index (χ1v) is 17.2. The first-order valence-electron chi connectivity index (χ1n) is 15.7. The van der Waals surface area contributed by atoms with E-state index in [1.807, 2.05) is 19.9 Å². The van der Waals surface area contributed by atoms with Crippen molar-refractivity contribution in [3.8, 4) is 5.75 Å². The molecule has 0 spiro atoms. The van der Waals surface area contributed by atoms with Crippen molar-refractivity contribution in [2.75, 3.05) is 13.7 Å². The zero-order chi connectivity index (χ0) is 32.9. The molecule has 0 unspecified atom stereocenters. The molecule has 0 saturated heterocycles. The summed E-state index contributed by atoms with van der Waals surface area (Å²) >= 11 is 0. The number of benzene rings is 2. The van der Waals surface area contributed by atoms with Gasteiger partial charge in [-0.05, 0) is 72.7 Å². The number of amides is 2. The van der Waals surface area contributed by atoms with Crippen LogP contribution < -0.4 is 20.1 Å². The van der Waals surface area contributed by atoms with Crippen LogP contribution in [0.1, 0.15) is 88.8 Å². The zero-order valence-corrected chi connectivity index (χ0v) is 27.1. The fraction of sp³-hybridized carbons (Fsp3) is 0.314. The van der Waals surface area contributed by atoms with E-state index in [1.165, 1.54) is 6.20 Å². The number of hydrogen-bond acceptors (Lipinski definition) is 8. The molecule has 0 aliphatic heterocycles. The quantitative estimate of drug-likeness (QED) is 0.178. The number of hydrogen-bond donors (Lipinski definition) is 3. The molecule has 2 amide bonds. The van der Waals surface area contributed by atoms with Crippen LogP contribution in [0.5, 0.6) is 5.75 Å². The number of carbonyl (C=O) groups is 2. The van der Waals surface area contributed by atoms with E-state index in [2.05, 4.69) is 20.3 Å². The first-order chi connectivity index (χ1) is 22.6. The van der Waals surface area contributed by atoms with Crippen molar-refractivity contribution in [2.45, 2.75) is 56.0 Å². The minimum Gasteiger partial charge on any atom is -0.496 e. The summed E-state index contributed by atoms with van der Waals surface area (Å²) in [6.45, 7) is 4.14. The predicted molar refractivity (Wildman–Crippen MR) is 176 cm³/mol. The molecule has 2 atom stereocenters. The topological polar surface area (TPSA) is 153 Å². The van der Waals surface area contributed by atoms with E-state index in [0.29, 0.717) is 50.1 Å². The maximum atomic E-state index is 13.9. The monoisotopic (exact) mass is 653 g/mol. The number of rotatable bonds is 10. The lowest BCUT2D eigenvalue weighted by Crippen LogP contribution is -2.30. The van der Waals surface area contributed by atoms with E-state index in [9.17, 15) is 18.0 Å². The van der Waals surface area contributed by atoms with Gasteiger partial charge in [-0.2, -0.15) is 0 Å². The lowest BCUT2D eigenvalue weighted by molar-refractivity contribution is 0.0907. The Hall–Kier alpha value is -4.81. The van der Waals surface area contributed by atoms with E-state index in [-0.39, 0.29) is 35.4 Å². The number of pyridine rings is 2. The summed E-state index contributed by atoms with van der Waals surface area (Å²) in [4.78, 5) is 36.0. The van der Waals surface area contributed by atoms with Gasteiger partial charge in [0.1, 0.15) is 11.3 Å². The van der Waals surface area contributed by atoms with Gasteiger partial charge < -0.3 is 19.8 Å². The molecule has 7 rings (SSSR count). The van der Waals surface area contributed by atoms with Crippen LogP contribution in [0.2, 0.25) is 0 Å². The van der Waals surface area contributed by atoms with Crippen LogP contribution in [0.3, 0.4) is 0 Å². The van der Waals surface area contributed by atoms with Gasteiger partial charge in [0.25, 0.3) is 11.8 Å². The second-order valence-corrected chi connectivity index (χ2v) is 14.3. The highest BCUT2D eigenvalue weighted by Gasteiger charge is 2.38. The molecule has 3 aromatic heterocycles. The van der Waals surface area contributed by atoms with Crippen molar-refractivity contribution >= 4 is 43.6 Å². The van der Waals surface area contributed by atoms with E-state index in [1.54, 1.807) is 62.0 Å². The van der Waals surface area contributed by atoms with E-state index in [4.69, 9.17) is 14.1 Å². The zero-order valence-electron chi connectivity index (χ0n) is 26.2. The Balaban J connectivity index is 1.34. The maximum Gasteiger partial charge on any atom is 0.287 e. The Morgan fingerprint density at radius 3 is 2.51 bits per heavy atom. The number of furan rings is 1. The predicted octanol–water partition coefficient (Wildman–Crippen LogP) is 5.54. The molecule has 0 radical (unpaired) electrons. The van der Waals surface area contributed by atoms with E-state index >= 15 is 0 Å². The lowest BCUT2D eigenvalue weighted by Gasteiger charge is -2.19. The average Bonchev–Trinajstić information content (AvgIpc) is 3.74. The van der Waals surface area contributed by atoms with Gasteiger partial charge in [0.05, 0.1) is 35.0 Å². The highest BCUT2D eigenvalue weighted by Crippen LogP contribution is 2.47. The van der Waals surface area contributed by atoms with Gasteiger partial charge >= 0.3 is 0 Å². The summed E-state index contributed by atoms with van der Waals surface area (Å²) in [5, 5.41) is 7.96. The Bertz CT molecular complexity index is 2130. The summed E-state index contributed by atoms with van der Waals surface area (Å²) in [5.74, 6) is 0.249. The highest BCUT2D eigenvalue weighted by atomic mass is 32.2. The molecule has 2 aliphatic rings. The van der Waals surface area contributed by atoms with Crippen molar-refractivity contribution in [3.63, 3.8) is 0 Å². The third-order valence-corrected chi connectivity index (χ3v) is 10.2. The van der Waals surface area contributed by atoms with Crippen LogP contribution in [-0.4, -0.2) is 43.9 Å². The number of methoxy groups -OCH3 is 1. The van der Waals surface area contributed by atoms with Gasteiger partial charge in [-0.1, -0.05) is 19.9 Å². The summed E-state index contributed by atoms with van der Waals surface area (Å²) in [6, 6.07) is 12.6. The molecule has 3 heterocycles. The standard InChI is InChI=1S/C35H35N5O6S/c1-19(2)16-38-47(43,44)32-14-23-27(39-34(41)21-6-5-11-36-17-21)15-28(33(23)25-18-37-26(12-22(25)32)20-9-10-20)40-35(42)31-13-24-29(45-3)7-4-8-30(24)46-31/h4-8,11-14,17-20,27-28,38H,9-10,15-16H2,1-3H3,(H,39,41)(H,40,42)/t27-,28-/m1/s1. The lowest BCUT2D eigenvalue weighted by atomic mass is 9.98. The molecule has 2 aromatic carbocycles. The number of nitrogens with one attached hydrogen (secondary N) is 3. The Kier molecular flexibility index (Phi) is 7.93. The minimum atomic E-state index is -3.95. The molecule has 1 fully saturated rings. The second-order valence-electron chi connectivity index (χ2n) is 12.6. The van der Waals surface area contributed by atoms with Gasteiger partial charge in [-0.25, -0.2) is 13.1 Å². The summed E-state index contributed by atoms with van der Waals surface area (Å²) < 4.78 is 41.8. The van der Waals surface area contributed by atoms with Gasteiger partial charge in [-0.3, -0.25) is 19.6 Å². The van der Waals surface area contributed by atoms with Crippen LogP contribution in [0.4, 0.5) is 0 Å². The van der Waals surface area contributed by atoms with Crippen molar-refractivity contribution in [1.82, 2.24) is 25.3 Å². The van der Waals surface area contributed by atoms with Crippen LogP contribution in [0.25, 0.3) is 21.7 Å². The Labute approximate surface area is 272 Å². The minimum absolute atomic E-state index is 0.0958. The molecule has 1 saturated carbocycles. The van der Waals surface area contributed by atoms with E-state index < -0.39 is 28.0 Å². The Morgan fingerprint density at radius 1 is 0.979 bits per heavy atom. The summed E-state index contributed by atoms with van der Waals surface area (Å²) in [5.41, 5.74) is 3.01. The molecule has 11 nitrogen and oxygen atoms in total. The fourth-order valence-electron chi connectivity index (χ4n) is 6.24. The first kappa shape index (κ1) is 30.8. The number of carbonyl (C=O) groups excluding carboxylic acids is 2. The number of nitrogens with zero attached hydrogens (tertiary/aromatic N) is 2. The molecule has 47 heavy (non-hydrogen) atoms. The third-order valence-electron chi connectivity index (χ3n) is 8.74. The van der Waals surface area contributed by atoms with Gasteiger partial charge in [0.15, 0.2) is 5.76 Å². The largest absolute Gasteiger partial charge is 0.496 e.